The Labute approximate surface area is 166 Å². The number of amides is 2. The molecule has 0 atom stereocenters. The highest BCUT2D eigenvalue weighted by atomic mass is 79.9. The first-order valence-electron chi connectivity index (χ1n) is 7.75. The Morgan fingerprint density at radius 3 is 2.65 bits per heavy atom. The molecule has 134 valence electrons. The van der Waals surface area contributed by atoms with Crippen molar-refractivity contribution >= 4 is 50.4 Å². The molecule has 0 bridgehead atoms. The normalized spacial score (nSPS) is 10.5. The van der Waals surface area contributed by atoms with Crippen LogP contribution in [0.5, 0.6) is 0 Å². The van der Waals surface area contributed by atoms with Gasteiger partial charge in [-0.3, -0.25) is 14.6 Å². The van der Waals surface area contributed by atoms with E-state index in [4.69, 9.17) is 0 Å². The molecule has 2 amide bonds. The number of thiophene rings is 1. The van der Waals surface area contributed by atoms with Crippen LogP contribution in [0.25, 0.3) is 9.88 Å². The molecule has 0 unspecified atom stereocenters. The van der Waals surface area contributed by atoms with E-state index < -0.39 is 0 Å². The molecule has 3 rings (SSSR count). The molecule has 0 aromatic carbocycles. The molecule has 2 N–H and O–H groups in total. The second kappa shape index (κ2) is 9.02. The summed E-state index contributed by atoms with van der Waals surface area (Å²) in [5, 5.41) is 10.0. The number of aromatic nitrogens is 2. The second-order valence-electron chi connectivity index (χ2n) is 5.31. The number of hydrogen-bond acceptors (Lipinski definition) is 6. The van der Waals surface area contributed by atoms with Gasteiger partial charge in [0.15, 0.2) is 0 Å². The Morgan fingerprint density at radius 2 is 1.92 bits per heavy atom. The van der Waals surface area contributed by atoms with Crippen molar-refractivity contribution < 1.29 is 9.59 Å². The van der Waals surface area contributed by atoms with Crippen LogP contribution < -0.4 is 10.6 Å². The first kappa shape index (κ1) is 18.7. The predicted molar refractivity (Wildman–Crippen MR) is 106 cm³/mol. The number of carbonyl (C=O) groups excluding carboxylic acids is 2. The molecular weight excluding hydrogens is 436 g/mol. The lowest BCUT2D eigenvalue weighted by Crippen LogP contribution is -2.30. The van der Waals surface area contributed by atoms with Crippen LogP contribution >= 0.6 is 38.6 Å². The SMILES string of the molecule is O=C(CCNC(=O)c1csc(-c2cc(Br)cs2)n1)NCc1ccncc1. The highest BCUT2D eigenvalue weighted by Gasteiger charge is 2.13. The number of nitrogens with zero attached hydrogens (tertiary/aromatic N) is 2. The van der Waals surface area contributed by atoms with Crippen LogP contribution in [0, 0.1) is 0 Å². The molecule has 3 heterocycles. The Bertz CT molecular complexity index is 895. The first-order valence-corrected chi connectivity index (χ1v) is 10.3. The van der Waals surface area contributed by atoms with Crippen LogP contribution in [-0.2, 0) is 11.3 Å². The third kappa shape index (κ3) is 5.20. The predicted octanol–water partition coefficient (Wildman–Crippen LogP) is 3.47. The summed E-state index contributed by atoms with van der Waals surface area (Å²) in [6.45, 7) is 0.708. The molecule has 0 aliphatic rings. The second-order valence-corrected chi connectivity index (χ2v) is 7.99. The van der Waals surface area contributed by atoms with Crippen LogP contribution in [0.2, 0.25) is 0 Å². The molecule has 0 aliphatic carbocycles. The molecule has 26 heavy (non-hydrogen) atoms. The van der Waals surface area contributed by atoms with Gasteiger partial charge in [-0.2, -0.15) is 0 Å². The van der Waals surface area contributed by atoms with E-state index in [0.717, 1.165) is 19.9 Å². The average Bonchev–Trinajstić information content (AvgIpc) is 3.30. The standard InChI is InChI=1S/C17H15BrN4O2S2/c18-12-7-14(25-9-12)17-22-13(10-26-17)16(24)20-6-3-15(23)21-8-11-1-4-19-5-2-11/h1-2,4-5,7,9-10H,3,6,8H2,(H,20,24)(H,21,23). The van der Waals surface area contributed by atoms with Gasteiger partial charge in [0, 0.05) is 47.1 Å². The zero-order valence-electron chi connectivity index (χ0n) is 13.6. The number of thiazole rings is 1. The van der Waals surface area contributed by atoms with Gasteiger partial charge in [-0.25, -0.2) is 4.98 Å². The molecule has 9 heteroatoms. The molecule has 0 aliphatic heterocycles. The minimum atomic E-state index is -0.273. The summed E-state index contributed by atoms with van der Waals surface area (Å²) in [6, 6.07) is 5.65. The van der Waals surface area contributed by atoms with Gasteiger partial charge >= 0.3 is 0 Å². The highest BCUT2D eigenvalue weighted by molar-refractivity contribution is 9.10. The summed E-state index contributed by atoms with van der Waals surface area (Å²) in [7, 11) is 0. The van der Waals surface area contributed by atoms with Crippen LogP contribution in [0.4, 0.5) is 0 Å². The van der Waals surface area contributed by atoms with Crippen LogP contribution in [0.15, 0.2) is 45.8 Å². The summed E-state index contributed by atoms with van der Waals surface area (Å²) in [6.07, 6.45) is 3.57. The van der Waals surface area contributed by atoms with E-state index in [0.29, 0.717) is 12.2 Å². The lowest BCUT2D eigenvalue weighted by molar-refractivity contribution is -0.121. The summed E-state index contributed by atoms with van der Waals surface area (Å²) in [5.41, 5.74) is 1.35. The van der Waals surface area contributed by atoms with Gasteiger partial charge in [-0.15, -0.1) is 22.7 Å². The summed E-state index contributed by atoms with van der Waals surface area (Å²) < 4.78 is 0.997. The van der Waals surface area contributed by atoms with Gasteiger partial charge in [0.05, 0.1) is 4.88 Å². The number of pyridine rings is 1. The molecule has 0 fully saturated rings. The Hall–Kier alpha value is -2.10. The van der Waals surface area contributed by atoms with Gasteiger partial charge in [0.2, 0.25) is 5.91 Å². The topological polar surface area (TPSA) is 84.0 Å². The molecule has 0 radical (unpaired) electrons. The highest BCUT2D eigenvalue weighted by Crippen LogP contribution is 2.31. The number of carbonyl (C=O) groups is 2. The van der Waals surface area contributed by atoms with Crippen molar-refractivity contribution in [3.63, 3.8) is 0 Å². The largest absolute Gasteiger partial charge is 0.352 e. The third-order valence-electron chi connectivity index (χ3n) is 3.39. The van der Waals surface area contributed by atoms with Gasteiger partial charge in [-0.1, -0.05) is 0 Å². The van der Waals surface area contributed by atoms with Crippen LogP contribution in [0.3, 0.4) is 0 Å². The monoisotopic (exact) mass is 450 g/mol. The van der Waals surface area contributed by atoms with Gasteiger partial charge in [-0.05, 0) is 39.7 Å². The summed E-state index contributed by atoms with van der Waals surface area (Å²) >= 11 is 6.40. The van der Waals surface area contributed by atoms with E-state index in [1.54, 1.807) is 29.1 Å². The Balaban J connectivity index is 1.42. The van der Waals surface area contributed by atoms with Crippen molar-refractivity contribution in [3.05, 3.63) is 57.1 Å². The lowest BCUT2D eigenvalue weighted by atomic mass is 10.2. The zero-order chi connectivity index (χ0) is 18.4. The lowest BCUT2D eigenvalue weighted by Gasteiger charge is -2.06. The van der Waals surface area contributed by atoms with E-state index in [1.165, 1.54) is 11.3 Å². The fourth-order valence-electron chi connectivity index (χ4n) is 2.09. The fourth-order valence-corrected chi connectivity index (χ4v) is 4.39. The Kier molecular flexibility index (Phi) is 6.48. The van der Waals surface area contributed by atoms with E-state index >= 15 is 0 Å². The average molecular weight is 451 g/mol. The van der Waals surface area contributed by atoms with Gasteiger partial charge in [0.25, 0.3) is 5.91 Å². The van der Waals surface area contributed by atoms with Crippen LogP contribution in [0.1, 0.15) is 22.5 Å². The first-order chi connectivity index (χ1) is 12.6. The van der Waals surface area contributed by atoms with Gasteiger partial charge in [0.1, 0.15) is 10.7 Å². The maximum Gasteiger partial charge on any atom is 0.270 e. The smallest absolute Gasteiger partial charge is 0.270 e. The quantitative estimate of drug-likeness (QED) is 0.576. The molecule has 0 saturated carbocycles. The summed E-state index contributed by atoms with van der Waals surface area (Å²) in [4.78, 5) is 33.3. The molecular formula is C17H15BrN4O2S2. The molecule has 0 spiro atoms. The van der Waals surface area contributed by atoms with E-state index in [1.807, 2.05) is 23.6 Å². The number of halogens is 1. The number of rotatable bonds is 7. The van der Waals surface area contributed by atoms with Crippen molar-refractivity contribution in [2.24, 2.45) is 0 Å². The van der Waals surface area contributed by atoms with Gasteiger partial charge < -0.3 is 10.6 Å². The minimum Gasteiger partial charge on any atom is -0.352 e. The molecule has 0 saturated heterocycles. The maximum absolute atomic E-state index is 12.1. The number of nitrogens with one attached hydrogen (secondary N) is 2. The van der Waals surface area contributed by atoms with Crippen molar-refractivity contribution in [1.82, 2.24) is 20.6 Å². The fraction of sp³-hybridized carbons (Fsp3) is 0.176. The van der Waals surface area contributed by atoms with E-state index in [2.05, 4.69) is 36.5 Å². The van der Waals surface area contributed by atoms with E-state index in [-0.39, 0.29) is 24.8 Å². The van der Waals surface area contributed by atoms with Crippen molar-refractivity contribution in [2.45, 2.75) is 13.0 Å². The van der Waals surface area contributed by atoms with Crippen molar-refractivity contribution in [3.8, 4) is 9.88 Å². The molecule has 3 aromatic heterocycles. The molecule has 3 aromatic rings. The third-order valence-corrected chi connectivity index (χ3v) is 6.09. The minimum absolute atomic E-state index is 0.121. The summed E-state index contributed by atoms with van der Waals surface area (Å²) in [5.74, 6) is -0.394. The molecule has 6 nitrogen and oxygen atoms in total. The Morgan fingerprint density at radius 1 is 1.12 bits per heavy atom. The number of hydrogen-bond donors (Lipinski definition) is 2. The maximum atomic E-state index is 12.1. The van der Waals surface area contributed by atoms with Crippen LogP contribution in [-0.4, -0.2) is 28.3 Å². The van der Waals surface area contributed by atoms with Crippen molar-refractivity contribution in [2.75, 3.05) is 6.54 Å². The zero-order valence-corrected chi connectivity index (χ0v) is 16.8. The van der Waals surface area contributed by atoms with Crippen molar-refractivity contribution in [1.29, 1.82) is 0 Å². The van der Waals surface area contributed by atoms with E-state index in [9.17, 15) is 9.59 Å².